The third-order valence-corrected chi connectivity index (χ3v) is 5.95. The molecule has 4 rings (SSSR count). The molecule has 0 atom stereocenters. The molecule has 2 aromatic heterocycles. The maximum absolute atomic E-state index is 13.0. The maximum atomic E-state index is 13.0. The van der Waals surface area contributed by atoms with Gasteiger partial charge in [-0.1, -0.05) is 29.8 Å². The molecule has 0 spiro atoms. The van der Waals surface area contributed by atoms with Crippen LogP contribution in [0.15, 0.2) is 38.8 Å². The van der Waals surface area contributed by atoms with Crippen LogP contribution in [0.1, 0.15) is 41.8 Å². The number of alkyl halides is 6. The predicted octanol–water partition coefficient (Wildman–Crippen LogP) is 3.86. The number of rotatable bonds is 9. The van der Waals surface area contributed by atoms with E-state index < -0.39 is 35.6 Å². The zero-order valence-corrected chi connectivity index (χ0v) is 20.3. The second-order valence-electron chi connectivity index (χ2n) is 8.61. The van der Waals surface area contributed by atoms with Crippen LogP contribution in [0, 0.1) is 0 Å². The third-order valence-electron chi connectivity index (χ3n) is 5.73. The number of tetrazole rings is 1. The molecular weight excluding hydrogens is 544 g/mol. The van der Waals surface area contributed by atoms with Gasteiger partial charge < -0.3 is 0 Å². The summed E-state index contributed by atoms with van der Waals surface area (Å²) in [4.78, 5) is 31.0. The van der Waals surface area contributed by atoms with E-state index >= 15 is 0 Å². The van der Waals surface area contributed by atoms with Gasteiger partial charge in [-0.15, -0.1) is 10.2 Å². The number of benzene rings is 1. The molecule has 3 heterocycles. The van der Waals surface area contributed by atoms with Gasteiger partial charge in [0.15, 0.2) is 5.82 Å². The van der Waals surface area contributed by atoms with Crippen LogP contribution < -0.4 is 11.2 Å². The van der Waals surface area contributed by atoms with Crippen LogP contribution in [0.25, 0.3) is 0 Å². The van der Waals surface area contributed by atoms with Gasteiger partial charge in [-0.3, -0.25) is 13.9 Å². The molecule has 0 unspecified atom stereocenters. The molecule has 16 heteroatoms. The summed E-state index contributed by atoms with van der Waals surface area (Å²) in [6.45, 7) is -0.269. The molecule has 38 heavy (non-hydrogen) atoms. The van der Waals surface area contributed by atoms with Crippen LogP contribution in [-0.2, 0) is 38.7 Å². The molecule has 0 radical (unpaired) electrons. The van der Waals surface area contributed by atoms with Gasteiger partial charge in [-0.2, -0.15) is 31.1 Å². The molecule has 0 bridgehead atoms. The fourth-order valence-electron chi connectivity index (χ4n) is 4.02. The normalized spacial score (nSPS) is 13.6. The monoisotopic (exact) mass is 563 g/mol. The molecule has 0 fully saturated rings. The summed E-state index contributed by atoms with van der Waals surface area (Å²) < 4.78 is 78.5. The Morgan fingerprint density at radius 2 is 1.71 bits per heavy atom. The van der Waals surface area contributed by atoms with E-state index in [4.69, 9.17) is 11.6 Å². The highest BCUT2D eigenvalue weighted by atomic mass is 35.5. The molecule has 0 amide bonds. The fraction of sp³-hybridized carbons (Fsp3) is 0.455. The molecule has 0 N–H and O–H groups in total. The summed E-state index contributed by atoms with van der Waals surface area (Å²) in [6, 6.07) is 4.74. The lowest BCUT2D eigenvalue weighted by Gasteiger charge is -2.14. The van der Waals surface area contributed by atoms with Gasteiger partial charge in [-0.25, -0.2) is 9.79 Å². The van der Waals surface area contributed by atoms with Crippen LogP contribution in [0.2, 0.25) is 0 Å². The van der Waals surface area contributed by atoms with Crippen molar-refractivity contribution >= 4 is 22.6 Å². The Kier molecular flexibility index (Phi) is 7.76. The molecule has 9 nitrogen and oxygen atoms in total. The number of aryl methyl sites for hydroxylation is 1. The van der Waals surface area contributed by atoms with Gasteiger partial charge in [0.05, 0.1) is 17.7 Å². The second-order valence-corrected chi connectivity index (χ2v) is 9.04. The summed E-state index contributed by atoms with van der Waals surface area (Å²) >= 11 is 5.93. The maximum Gasteiger partial charge on any atom is 0.416 e. The van der Waals surface area contributed by atoms with Crippen LogP contribution in [0.4, 0.5) is 32.2 Å². The first-order chi connectivity index (χ1) is 17.8. The van der Waals surface area contributed by atoms with E-state index in [1.807, 2.05) is 0 Å². The first kappa shape index (κ1) is 27.5. The minimum atomic E-state index is -4.48. The van der Waals surface area contributed by atoms with Crippen molar-refractivity contribution in [2.24, 2.45) is 4.99 Å². The van der Waals surface area contributed by atoms with E-state index in [0.29, 0.717) is 5.56 Å². The van der Waals surface area contributed by atoms with E-state index in [-0.39, 0.29) is 67.7 Å². The smallest absolute Gasteiger partial charge is 0.278 e. The van der Waals surface area contributed by atoms with Crippen molar-refractivity contribution in [2.45, 2.75) is 64.1 Å². The van der Waals surface area contributed by atoms with E-state index in [9.17, 15) is 35.9 Å². The predicted molar refractivity (Wildman–Crippen MR) is 124 cm³/mol. The van der Waals surface area contributed by atoms with Gasteiger partial charge in [0.2, 0.25) is 0 Å². The first-order valence-corrected chi connectivity index (χ1v) is 11.8. The van der Waals surface area contributed by atoms with Gasteiger partial charge in [0.25, 0.3) is 5.56 Å². The van der Waals surface area contributed by atoms with Gasteiger partial charge in [0, 0.05) is 32.4 Å². The average Bonchev–Trinajstić information content (AvgIpc) is 3.43. The Balaban J connectivity index is 1.44. The lowest BCUT2D eigenvalue weighted by atomic mass is 10.1. The average molecular weight is 564 g/mol. The minimum Gasteiger partial charge on any atom is -0.278 e. The standard InChI is InChI=1S/C22H20ClF6N7O2/c23-16-12-15-18(30-16)34(7-2-6-21(24,25)26)20(38)35(19(15)37)8-3-9-36-32-17(31-33-36)11-13-4-1-5-14(10-13)22(27,28)29/h1,4-5,10H,2-3,6-9,11-12H2. The Morgan fingerprint density at radius 3 is 2.42 bits per heavy atom. The summed E-state index contributed by atoms with van der Waals surface area (Å²) in [5.41, 5.74) is -1.76. The number of aliphatic imine (C=N–C) groups is 1. The third kappa shape index (κ3) is 6.49. The highest BCUT2D eigenvalue weighted by Crippen LogP contribution is 2.30. The van der Waals surface area contributed by atoms with Gasteiger partial charge >= 0.3 is 18.0 Å². The highest BCUT2D eigenvalue weighted by Gasteiger charge is 2.31. The number of fused-ring (bicyclic) bond motifs is 1. The van der Waals surface area contributed by atoms with Crippen molar-refractivity contribution in [2.75, 3.05) is 0 Å². The minimum absolute atomic E-state index is 0.0115. The van der Waals surface area contributed by atoms with Gasteiger partial charge in [-0.05, 0) is 29.7 Å². The number of halogens is 7. The molecule has 1 aliphatic heterocycles. The fourth-order valence-corrected chi connectivity index (χ4v) is 4.23. The topological polar surface area (TPSA) is 100.0 Å². The zero-order chi connectivity index (χ0) is 27.7. The van der Waals surface area contributed by atoms with Crippen molar-refractivity contribution in [3.05, 3.63) is 67.6 Å². The number of aromatic nitrogens is 6. The van der Waals surface area contributed by atoms with Crippen molar-refractivity contribution in [3.63, 3.8) is 0 Å². The molecule has 0 saturated carbocycles. The van der Waals surface area contributed by atoms with Crippen LogP contribution in [-0.4, -0.2) is 40.7 Å². The molecule has 0 saturated heterocycles. The summed E-state index contributed by atoms with van der Waals surface area (Å²) in [6.07, 6.45) is -10.2. The van der Waals surface area contributed by atoms with E-state index in [1.165, 1.54) is 16.9 Å². The molecule has 1 aromatic carbocycles. The summed E-state index contributed by atoms with van der Waals surface area (Å²) in [7, 11) is 0. The molecule has 3 aromatic rings. The zero-order valence-electron chi connectivity index (χ0n) is 19.6. The Morgan fingerprint density at radius 1 is 0.974 bits per heavy atom. The SMILES string of the molecule is O=c1c2c(n(CCCC(F)(F)F)c(=O)n1CCCn1nnc(Cc3cccc(C(F)(F)F)c3)n1)N=C(Cl)C2. The van der Waals surface area contributed by atoms with Crippen molar-refractivity contribution in [3.8, 4) is 0 Å². The Bertz CT molecular complexity index is 1470. The Labute approximate surface area is 215 Å². The molecule has 1 aliphatic rings. The quantitative estimate of drug-likeness (QED) is 0.368. The van der Waals surface area contributed by atoms with Crippen LogP contribution in [0.3, 0.4) is 0 Å². The van der Waals surface area contributed by atoms with Crippen LogP contribution >= 0.6 is 11.6 Å². The highest BCUT2D eigenvalue weighted by molar-refractivity contribution is 6.66. The van der Waals surface area contributed by atoms with Crippen molar-refractivity contribution in [1.29, 1.82) is 0 Å². The van der Waals surface area contributed by atoms with Crippen molar-refractivity contribution in [1.82, 2.24) is 29.3 Å². The van der Waals surface area contributed by atoms with E-state index in [1.54, 1.807) is 0 Å². The number of hydrogen-bond donors (Lipinski definition) is 0. The van der Waals surface area contributed by atoms with E-state index in [2.05, 4.69) is 20.4 Å². The summed E-state index contributed by atoms with van der Waals surface area (Å²) in [5.74, 6) is 0.151. The van der Waals surface area contributed by atoms with Crippen molar-refractivity contribution < 1.29 is 26.3 Å². The number of hydrogen-bond acceptors (Lipinski definition) is 6. The Hall–Kier alpha value is -3.49. The van der Waals surface area contributed by atoms with E-state index in [0.717, 1.165) is 21.3 Å². The molecular formula is C22H20ClF6N7O2. The van der Waals surface area contributed by atoms with Gasteiger partial charge in [0.1, 0.15) is 11.0 Å². The molecule has 0 aliphatic carbocycles. The lowest BCUT2D eigenvalue weighted by Crippen LogP contribution is -2.41. The largest absolute Gasteiger partial charge is 0.416 e. The van der Waals surface area contributed by atoms with Crippen LogP contribution in [0.5, 0.6) is 0 Å². The molecule has 204 valence electrons. The second kappa shape index (κ2) is 10.7. The first-order valence-electron chi connectivity index (χ1n) is 11.4. The summed E-state index contributed by atoms with van der Waals surface area (Å²) in [5, 5.41) is 11.9. The number of nitrogens with zero attached hydrogens (tertiary/aromatic N) is 7. The lowest BCUT2D eigenvalue weighted by molar-refractivity contribution is -0.138.